The van der Waals surface area contributed by atoms with Crippen LogP contribution in [-0.4, -0.2) is 5.91 Å². The maximum Gasteiger partial charge on any atom is 0.224 e. The van der Waals surface area contributed by atoms with Crippen LogP contribution in [0.5, 0.6) is 0 Å². The van der Waals surface area contributed by atoms with E-state index in [9.17, 15) is 4.79 Å². The summed E-state index contributed by atoms with van der Waals surface area (Å²) in [7, 11) is 0. The molecule has 0 saturated heterocycles. The smallest absolute Gasteiger partial charge is 0.224 e. The minimum atomic E-state index is 0.0224. The monoisotopic (exact) mass is 256 g/mol. The van der Waals surface area contributed by atoms with Crippen LogP contribution in [-0.2, 0) is 4.79 Å². The van der Waals surface area contributed by atoms with Gasteiger partial charge in [-0.1, -0.05) is 6.92 Å². The van der Waals surface area contributed by atoms with Gasteiger partial charge in [-0.05, 0) is 40.5 Å². The number of nitrogens with one attached hydrogen (secondary N) is 1. The zero-order chi connectivity index (χ0) is 10.6. The molecule has 1 aromatic rings. The summed E-state index contributed by atoms with van der Waals surface area (Å²) in [5.74, 6) is 0.0224. The summed E-state index contributed by atoms with van der Waals surface area (Å²) in [6.45, 7) is 1.97. The molecule has 0 unspecified atom stereocenters. The molecule has 3 nitrogen and oxygen atoms in total. The van der Waals surface area contributed by atoms with Crippen LogP contribution >= 0.6 is 15.9 Å². The summed E-state index contributed by atoms with van der Waals surface area (Å²) < 4.78 is 0.839. The van der Waals surface area contributed by atoms with Crippen LogP contribution in [0.15, 0.2) is 22.7 Å². The van der Waals surface area contributed by atoms with Crippen LogP contribution in [0, 0.1) is 0 Å². The predicted molar refractivity (Wildman–Crippen MR) is 62.1 cm³/mol. The number of hydrogen-bond acceptors (Lipinski definition) is 2. The molecule has 4 heteroatoms. The molecule has 0 aliphatic carbocycles. The summed E-state index contributed by atoms with van der Waals surface area (Å²) in [6.07, 6.45) is 1.38. The van der Waals surface area contributed by atoms with E-state index in [1.54, 1.807) is 6.07 Å². The Labute approximate surface area is 91.8 Å². The van der Waals surface area contributed by atoms with Gasteiger partial charge in [0.05, 0.1) is 0 Å². The second-order valence-electron chi connectivity index (χ2n) is 3.03. The number of hydrogen-bond donors (Lipinski definition) is 2. The minimum absolute atomic E-state index is 0.0224. The fourth-order valence-electron chi connectivity index (χ4n) is 1.07. The maximum absolute atomic E-state index is 11.2. The molecule has 0 aliphatic heterocycles. The highest BCUT2D eigenvalue weighted by Crippen LogP contribution is 2.22. The van der Waals surface area contributed by atoms with Crippen LogP contribution in [0.25, 0.3) is 0 Å². The molecule has 0 spiro atoms. The van der Waals surface area contributed by atoms with Crippen LogP contribution < -0.4 is 11.1 Å². The first-order valence-electron chi connectivity index (χ1n) is 4.48. The van der Waals surface area contributed by atoms with E-state index in [-0.39, 0.29) is 5.91 Å². The Morgan fingerprint density at radius 2 is 2.29 bits per heavy atom. The molecule has 76 valence electrons. The van der Waals surface area contributed by atoms with E-state index in [2.05, 4.69) is 21.2 Å². The van der Waals surface area contributed by atoms with E-state index in [1.807, 2.05) is 19.1 Å². The zero-order valence-corrected chi connectivity index (χ0v) is 9.60. The molecule has 0 radical (unpaired) electrons. The molecular weight excluding hydrogens is 244 g/mol. The van der Waals surface area contributed by atoms with Gasteiger partial charge < -0.3 is 11.1 Å². The van der Waals surface area contributed by atoms with E-state index >= 15 is 0 Å². The summed E-state index contributed by atoms with van der Waals surface area (Å²) in [4.78, 5) is 11.2. The van der Waals surface area contributed by atoms with Crippen LogP contribution in [0.1, 0.15) is 19.8 Å². The van der Waals surface area contributed by atoms with Crippen molar-refractivity contribution in [3.8, 4) is 0 Å². The minimum Gasteiger partial charge on any atom is -0.398 e. The lowest BCUT2D eigenvalue weighted by molar-refractivity contribution is -0.116. The molecule has 3 N–H and O–H groups in total. The van der Waals surface area contributed by atoms with Crippen molar-refractivity contribution < 1.29 is 4.79 Å². The van der Waals surface area contributed by atoms with Crippen molar-refractivity contribution in [2.24, 2.45) is 0 Å². The number of amides is 1. The van der Waals surface area contributed by atoms with Gasteiger partial charge in [-0.2, -0.15) is 0 Å². The number of halogens is 1. The highest BCUT2D eigenvalue weighted by atomic mass is 79.9. The Kier molecular flexibility index (Phi) is 3.95. The first-order chi connectivity index (χ1) is 6.63. The fraction of sp³-hybridized carbons (Fsp3) is 0.300. The molecule has 0 bridgehead atoms. The average Bonchev–Trinajstić information content (AvgIpc) is 2.12. The second kappa shape index (κ2) is 5.00. The van der Waals surface area contributed by atoms with E-state index in [0.29, 0.717) is 12.1 Å². The van der Waals surface area contributed by atoms with Gasteiger partial charge in [0.25, 0.3) is 0 Å². The van der Waals surface area contributed by atoms with Gasteiger partial charge in [-0.15, -0.1) is 0 Å². The standard InChI is InChI=1S/C10H13BrN2O/c1-2-3-10(14)13-7-4-5-8(11)9(12)6-7/h4-6H,2-3,12H2,1H3,(H,13,14). The molecule has 1 amide bonds. The van der Waals surface area contributed by atoms with Gasteiger partial charge in [-0.25, -0.2) is 0 Å². The van der Waals surface area contributed by atoms with Gasteiger partial charge in [0.15, 0.2) is 0 Å². The number of benzene rings is 1. The summed E-state index contributed by atoms with van der Waals surface area (Å²) >= 11 is 3.29. The van der Waals surface area contributed by atoms with Crippen LogP contribution in [0.4, 0.5) is 11.4 Å². The Balaban J connectivity index is 2.68. The number of anilines is 2. The van der Waals surface area contributed by atoms with Crippen LogP contribution in [0.3, 0.4) is 0 Å². The largest absolute Gasteiger partial charge is 0.398 e. The predicted octanol–water partition coefficient (Wildman–Crippen LogP) is 2.77. The third-order valence-corrected chi connectivity index (χ3v) is 2.48. The number of nitrogen functional groups attached to an aromatic ring is 1. The van der Waals surface area contributed by atoms with Crippen molar-refractivity contribution in [3.05, 3.63) is 22.7 Å². The molecule has 0 saturated carbocycles. The zero-order valence-electron chi connectivity index (χ0n) is 8.01. The first kappa shape index (κ1) is 11.0. The Morgan fingerprint density at radius 1 is 1.57 bits per heavy atom. The number of carbonyl (C=O) groups is 1. The van der Waals surface area contributed by atoms with Gasteiger partial charge in [0.2, 0.25) is 5.91 Å². The highest BCUT2D eigenvalue weighted by Gasteiger charge is 2.02. The van der Waals surface area contributed by atoms with Crippen molar-refractivity contribution in [2.45, 2.75) is 19.8 Å². The normalized spacial score (nSPS) is 9.86. The third kappa shape index (κ3) is 3.03. The summed E-state index contributed by atoms with van der Waals surface area (Å²) in [5.41, 5.74) is 7.04. The lowest BCUT2D eigenvalue weighted by atomic mass is 10.2. The van der Waals surface area contributed by atoms with E-state index in [4.69, 9.17) is 5.73 Å². The quantitative estimate of drug-likeness (QED) is 0.818. The molecule has 1 aromatic carbocycles. The van der Waals surface area contributed by atoms with Gasteiger partial charge in [0, 0.05) is 22.3 Å². The topological polar surface area (TPSA) is 55.1 Å². The molecule has 1 rings (SSSR count). The molecule has 0 fully saturated rings. The van der Waals surface area contributed by atoms with E-state index < -0.39 is 0 Å². The number of nitrogens with two attached hydrogens (primary N) is 1. The van der Waals surface area contributed by atoms with E-state index in [1.165, 1.54) is 0 Å². The Morgan fingerprint density at radius 3 is 2.86 bits per heavy atom. The molecular formula is C10H13BrN2O. The number of carbonyl (C=O) groups excluding carboxylic acids is 1. The third-order valence-electron chi connectivity index (χ3n) is 1.76. The van der Waals surface area contributed by atoms with Crippen molar-refractivity contribution in [3.63, 3.8) is 0 Å². The van der Waals surface area contributed by atoms with Crippen molar-refractivity contribution in [1.82, 2.24) is 0 Å². The van der Waals surface area contributed by atoms with Gasteiger partial charge in [0.1, 0.15) is 0 Å². The van der Waals surface area contributed by atoms with Crippen LogP contribution in [0.2, 0.25) is 0 Å². The summed E-state index contributed by atoms with van der Waals surface area (Å²) in [5, 5.41) is 2.77. The molecule has 14 heavy (non-hydrogen) atoms. The lowest BCUT2D eigenvalue weighted by Gasteiger charge is -2.05. The van der Waals surface area contributed by atoms with Crippen molar-refractivity contribution in [2.75, 3.05) is 11.1 Å². The molecule has 0 aliphatic rings. The van der Waals surface area contributed by atoms with Gasteiger partial charge in [-0.3, -0.25) is 4.79 Å². The van der Waals surface area contributed by atoms with Crippen molar-refractivity contribution >= 4 is 33.2 Å². The van der Waals surface area contributed by atoms with E-state index in [0.717, 1.165) is 16.6 Å². The molecule has 0 aromatic heterocycles. The fourth-order valence-corrected chi connectivity index (χ4v) is 1.32. The number of rotatable bonds is 3. The Bertz CT molecular complexity index is 339. The van der Waals surface area contributed by atoms with Gasteiger partial charge >= 0.3 is 0 Å². The lowest BCUT2D eigenvalue weighted by Crippen LogP contribution is -2.10. The maximum atomic E-state index is 11.2. The highest BCUT2D eigenvalue weighted by molar-refractivity contribution is 9.10. The van der Waals surface area contributed by atoms with Crippen molar-refractivity contribution in [1.29, 1.82) is 0 Å². The Hall–Kier alpha value is -1.03. The average molecular weight is 257 g/mol. The molecule has 0 heterocycles. The molecule has 0 atom stereocenters. The first-order valence-corrected chi connectivity index (χ1v) is 5.27. The SMILES string of the molecule is CCCC(=O)Nc1ccc(Br)c(N)c1. The summed E-state index contributed by atoms with van der Waals surface area (Å²) in [6, 6.07) is 5.36. The second-order valence-corrected chi connectivity index (χ2v) is 3.89.